The van der Waals surface area contributed by atoms with E-state index in [4.69, 9.17) is 5.73 Å². The van der Waals surface area contributed by atoms with E-state index in [2.05, 4.69) is 4.98 Å². The highest BCUT2D eigenvalue weighted by Gasteiger charge is 2.23. The molecular weight excluding hydrogens is 370 g/mol. The molecule has 3 aromatic carbocycles. The van der Waals surface area contributed by atoms with Gasteiger partial charge in [0.05, 0.1) is 15.9 Å². The van der Waals surface area contributed by atoms with E-state index in [0.717, 1.165) is 20.7 Å². The molecule has 6 heteroatoms. The molecule has 2 N–H and O–H groups in total. The summed E-state index contributed by atoms with van der Waals surface area (Å²) in [6.45, 7) is 1.96. The third-order valence-electron chi connectivity index (χ3n) is 4.60. The Kier molecular flexibility index (Phi) is 4.49. The quantitative estimate of drug-likeness (QED) is 0.564. The lowest BCUT2D eigenvalue weighted by Gasteiger charge is -2.11. The molecule has 0 unspecified atom stereocenters. The van der Waals surface area contributed by atoms with Crippen LogP contribution in [0.2, 0.25) is 0 Å². The smallest absolute Gasteiger partial charge is 0.271 e. The van der Waals surface area contributed by atoms with E-state index in [1.54, 1.807) is 36.4 Å². The fraction of sp³-hybridized carbons (Fsp3) is 0.0455. The largest absolute Gasteiger partial charge is 0.368 e. The highest BCUT2D eigenvalue weighted by molar-refractivity contribution is 7.90. The van der Waals surface area contributed by atoms with Gasteiger partial charge in [-0.05, 0) is 47.9 Å². The van der Waals surface area contributed by atoms with E-state index < -0.39 is 10.0 Å². The molecule has 140 valence electrons. The Labute approximate surface area is 163 Å². The summed E-state index contributed by atoms with van der Waals surface area (Å²) >= 11 is 0. The van der Waals surface area contributed by atoms with Crippen molar-refractivity contribution >= 4 is 32.6 Å². The Bertz CT molecular complexity index is 1280. The van der Waals surface area contributed by atoms with Crippen molar-refractivity contribution < 1.29 is 8.42 Å². The lowest BCUT2D eigenvalue weighted by Crippen LogP contribution is -2.15. The number of nitrogens with two attached hydrogens (primary N) is 1. The third-order valence-corrected chi connectivity index (χ3v) is 6.34. The van der Waals surface area contributed by atoms with Gasteiger partial charge in [0.25, 0.3) is 10.0 Å². The molecular formula is C22H19N3O2S. The zero-order chi connectivity index (χ0) is 19.7. The minimum Gasteiger partial charge on any atom is -0.368 e. The second-order valence-electron chi connectivity index (χ2n) is 6.32. The second-order valence-corrected chi connectivity index (χ2v) is 8.11. The van der Waals surface area contributed by atoms with E-state index in [0.29, 0.717) is 11.0 Å². The van der Waals surface area contributed by atoms with Gasteiger partial charge in [-0.3, -0.25) is 0 Å². The number of hydrogen-bond donors (Lipinski definition) is 1. The number of anilines is 1. The molecule has 0 atom stereocenters. The van der Waals surface area contributed by atoms with Crippen LogP contribution < -0.4 is 5.73 Å². The van der Waals surface area contributed by atoms with E-state index in [1.807, 2.05) is 55.5 Å². The average molecular weight is 389 g/mol. The number of benzene rings is 3. The van der Waals surface area contributed by atoms with E-state index in [9.17, 15) is 8.42 Å². The summed E-state index contributed by atoms with van der Waals surface area (Å²) < 4.78 is 27.5. The van der Waals surface area contributed by atoms with Gasteiger partial charge < -0.3 is 5.73 Å². The molecule has 0 saturated carbocycles. The van der Waals surface area contributed by atoms with E-state index in [-0.39, 0.29) is 10.8 Å². The van der Waals surface area contributed by atoms with E-state index in [1.165, 1.54) is 0 Å². The van der Waals surface area contributed by atoms with Crippen LogP contribution in [0.15, 0.2) is 89.8 Å². The lowest BCUT2D eigenvalue weighted by molar-refractivity contribution is 0.589. The second kappa shape index (κ2) is 6.98. The number of aromatic nitrogens is 2. The minimum absolute atomic E-state index is 0.0576. The Balaban J connectivity index is 1.93. The number of rotatable bonds is 4. The molecule has 0 amide bonds. The predicted molar refractivity (Wildman–Crippen MR) is 112 cm³/mol. The first-order valence-electron chi connectivity index (χ1n) is 8.83. The van der Waals surface area contributed by atoms with Crippen LogP contribution in [0, 0.1) is 0 Å². The van der Waals surface area contributed by atoms with Gasteiger partial charge in [0.15, 0.2) is 0 Å². The molecule has 5 nitrogen and oxygen atoms in total. The van der Waals surface area contributed by atoms with Crippen LogP contribution in [-0.2, 0) is 10.0 Å². The fourth-order valence-electron chi connectivity index (χ4n) is 3.31. The minimum atomic E-state index is -3.86. The summed E-state index contributed by atoms with van der Waals surface area (Å²) in [6.07, 6.45) is 2.01. The average Bonchev–Trinajstić information content (AvgIpc) is 3.06. The Hall–Kier alpha value is -3.38. The Morgan fingerprint density at radius 2 is 1.57 bits per heavy atom. The highest BCUT2D eigenvalue weighted by atomic mass is 32.2. The first-order chi connectivity index (χ1) is 13.5. The molecule has 0 saturated heterocycles. The van der Waals surface area contributed by atoms with Crippen molar-refractivity contribution in [2.75, 3.05) is 5.73 Å². The number of imidazole rings is 1. The molecule has 0 fully saturated rings. The zero-order valence-electron chi connectivity index (χ0n) is 15.3. The number of fused-ring (bicyclic) bond motifs is 1. The summed E-state index contributed by atoms with van der Waals surface area (Å²) in [5, 5.41) is 0. The number of hydrogen-bond acceptors (Lipinski definition) is 4. The monoisotopic (exact) mass is 389 g/mol. The first-order valence-corrected chi connectivity index (χ1v) is 10.3. The van der Waals surface area contributed by atoms with Crippen LogP contribution >= 0.6 is 0 Å². The molecule has 1 heterocycles. The lowest BCUT2D eigenvalue weighted by atomic mass is 9.97. The Morgan fingerprint density at radius 1 is 0.929 bits per heavy atom. The van der Waals surface area contributed by atoms with Gasteiger partial charge in [0, 0.05) is 0 Å². The number of nitrogens with zero attached hydrogens (tertiary/aromatic N) is 2. The summed E-state index contributed by atoms with van der Waals surface area (Å²) in [5.41, 5.74) is 9.94. The summed E-state index contributed by atoms with van der Waals surface area (Å²) in [7, 11) is -3.86. The summed E-state index contributed by atoms with van der Waals surface area (Å²) in [6, 6.07) is 23.7. The van der Waals surface area contributed by atoms with Crippen LogP contribution in [0.5, 0.6) is 0 Å². The Morgan fingerprint density at radius 3 is 2.21 bits per heavy atom. The maximum absolute atomic E-state index is 13.2. The fourth-order valence-corrected chi connectivity index (χ4v) is 4.71. The molecule has 28 heavy (non-hydrogen) atoms. The van der Waals surface area contributed by atoms with Crippen molar-refractivity contribution in [1.82, 2.24) is 8.96 Å². The third kappa shape index (κ3) is 2.97. The standard InChI is InChI=1S/C22H19N3O2S/c1-2-19(16-9-5-3-6-10-16)17-13-14-20-21(15-17)25(22(23)24-20)28(26,27)18-11-7-4-8-12-18/h2-15H,1H3,(H2,23,24). The van der Waals surface area contributed by atoms with Gasteiger partial charge in [-0.15, -0.1) is 0 Å². The summed E-state index contributed by atoms with van der Waals surface area (Å²) in [4.78, 5) is 4.41. The number of nitrogen functional groups attached to an aromatic ring is 1. The van der Waals surface area contributed by atoms with Crippen molar-refractivity contribution in [2.24, 2.45) is 0 Å². The van der Waals surface area contributed by atoms with Gasteiger partial charge in [-0.25, -0.2) is 17.4 Å². The highest BCUT2D eigenvalue weighted by Crippen LogP contribution is 2.30. The molecule has 0 bridgehead atoms. The van der Waals surface area contributed by atoms with Crippen LogP contribution in [-0.4, -0.2) is 17.4 Å². The first kappa shape index (κ1) is 18.0. The molecule has 1 aromatic heterocycles. The maximum atomic E-state index is 13.2. The summed E-state index contributed by atoms with van der Waals surface area (Å²) in [5.74, 6) is -0.0576. The van der Waals surface area contributed by atoms with Gasteiger partial charge in [-0.2, -0.15) is 0 Å². The van der Waals surface area contributed by atoms with Crippen molar-refractivity contribution in [3.05, 3.63) is 96.1 Å². The topological polar surface area (TPSA) is 78.0 Å². The molecule has 0 aliphatic heterocycles. The maximum Gasteiger partial charge on any atom is 0.271 e. The van der Waals surface area contributed by atoms with Crippen molar-refractivity contribution in [3.63, 3.8) is 0 Å². The van der Waals surface area contributed by atoms with Crippen molar-refractivity contribution in [3.8, 4) is 0 Å². The van der Waals surface area contributed by atoms with Crippen LogP contribution in [0.1, 0.15) is 18.1 Å². The molecule has 0 aliphatic rings. The van der Waals surface area contributed by atoms with Crippen molar-refractivity contribution in [2.45, 2.75) is 11.8 Å². The predicted octanol–water partition coefficient (Wildman–Crippen LogP) is 4.31. The van der Waals surface area contributed by atoms with Gasteiger partial charge in [-0.1, -0.05) is 60.7 Å². The SMILES string of the molecule is CC=C(c1ccccc1)c1ccc2nc(N)n(S(=O)(=O)c3ccccc3)c2c1. The van der Waals surface area contributed by atoms with Gasteiger partial charge in [0.2, 0.25) is 5.95 Å². The van der Waals surface area contributed by atoms with Gasteiger partial charge in [0.1, 0.15) is 0 Å². The molecule has 4 aromatic rings. The molecule has 0 radical (unpaired) electrons. The van der Waals surface area contributed by atoms with Gasteiger partial charge >= 0.3 is 0 Å². The van der Waals surface area contributed by atoms with Crippen LogP contribution in [0.4, 0.5) is 5.95 Å². The normalized spacial score (nSPS) is 12.4. The molecule has 4 rings (SSSR count). The van der Waals surface area contributed by atoms with E-state index >= 15 is 0 Å². The number of allylic oxidation sites excluding steroid dienone is 1. The van der Waals surface area contributed by atoms with Crippen LogP contribution in [0.25, 0.3) is 16.6 Å². The molecule has 0 spiro atoms. The molecule has 0 aliphatic carbocycles. The zero-order valence-corrected chi connectivity index (χ0v) is 16.1. The van der Waals surface area contributed by atoms with Crippen molar-refractivity contribution in [1.29, 1.82) is 0 Å². The van der Waals surface area contributed by atoms with Crippen LogP contribution in [0.3, 0.4) is 0 Å².